The topological polar surface area (TPSA) is 20.2 Å². The molecule has 1 rings (SSSR count). The predicted molar refractivity (Wildman–Crippen MR) is 59.7 cm³/mol. The Kier molecular flexibility index (Phi) is 15.5. The molecule has 1 aromatic rings. The number of benzene rings is 1. The molecule has 0 amide bonds. The van der Waals surface area contributed by atoms with E-state index >= 15 is 0 Å². The smallest absolute Gasteiger partial charge is 0.0319 e. The number of aliphatic hydroxyl groups is 1. The molecule has 0 aromatic heterocycles. The van der Waals surface area contributed by atoms with Crippen molar-refractivity contribution in [2.24, 2.45) is 5.92 Å². The van der Waals surface area contributed by atoms with Gasteiger partial charge in [-0.15, -0.1) is 0 Å². The van der Waals surface area contributed by atoms with Crippen LogP contribution in [-0.2, 0) is 0 Å². The minimum atomic E-state index is 0.884. The van der Waals surface area contributed by atoms with Gasteiger partial charge >= 0.3 is 0 Å². The van der Waals surface area contributed by atoms with Gasteiger partial charge in [-0.05, 0) is 5.92 Å². The summed E-state index contributed by atoms with van der Waals surface area (Å²) < 4.78 is 0. The Morgan fingerprint density at radius 1 is 0.846 bits per heavy atom. The molecule has 0 fully saturated rings. The van der Waals surface area contributed by atoms with E-state index in [1.807, 2.05) is 36.4 Å². The van der Waals surface area contributed by atoms with Crippen LogP contribution in [0.15, 0.2) is 36.4 Å². The molecule has 0 radical (unpaired) electrons. The van der Waals surface area contributed by atoms with Crippen molar-refractivity contribution in [1.82, 2.24) is 0 Å². The minimum absolute atomic E-state index is 0.884. The van der Waals surface area contributed by atoms with E-state index in [4.69, 9.17) is 5.11 Å². The van der Waals surface area contributed by atoms with Gasteiger partial charge in [0.15, 0.2) is 0 Å². The fourth-order valence-corrected chi connectivity index (χ4v) is 0.385. The number of rotatable bonds is 1. The third kappa shape index (κ3) is 18.3. The summed E-state index contributed by atoms with van der Waals surface area (Å²) in [4.78, 5) is 0. The molecule has 0 bridgehead atoms. The van der Waals surface area contributed by atoms with Crippen LogP contribution in [0.2, 0.25) is 0 Å². The van der Waals surface area contributed by atoms with Gasteiger partial charge in [0.25, 0.3) is 0 Å². The van der Waals surface area contributed by atoms with Gasteiger partial charge < -0.3 is 5.11 Å². The Hall–Kier alpha value is -0.820. The van der Waals surface area contributed by atoms with Crippen LogP contribution in [0.5, 0.6) is 0 Å². The molecule has 1 nitrogen and oxygen atoms in total. The lowest BCUT2D eigenvalue weighted by atomic mass is 10.2. The highest BCUT2D eigenvalue weighted by Gasteiger charge is 1.80. The number of hydrogen-bond donors (Lipinski definition) is 1. The number of hydrogen-bond acceptors (Lipinski definition) is 1. The Labute approximate surface area is 82.4 Å². The highest BCUT2D eigenvalue weighted by molar-refractivity contribution is 4.99. The summed E-state index contributed by atoms with van der Waals surface area (Å²) in [6.45, 7) is 6.64. The van der Waals surface area contributed by atoms with Crippen LogP contribution in [0.4, 0.5) is 0 Å². The van der Waals surface area contributed by atoms with E-state index in [0.717, 1.165) is 13.0 Å². The lowest BCUT2D eigenvalue weighted by Crippen LogP contribution is -1.77. The molecule has 1 N–H and O–H groups in total. The Balaban J connectivity index is 0. The third-order valence-electron chi connectivity index (χ3n) is 1.48. The van der Waals surface area contributed by atoms with Crippen LogP contribution in [-0.4, -0.2) is 12.2 Å². The van der Waals surface area contributed by atoms with Gasteiger partial charge in [0.05, 0.1) is 0 Å². The molecule has 0 unspecified atom stereocenters. The predicted octanol–water partition coefficient (Wildman–Crippen LogP) is 3.35. The van der Waals surface area contributed by atoms with Crippen LogP contribution >= 0.6 is 0 Å². The SMILES string of the molecule is CCC(C)C.CO.c1ccccc1. The normalized spacial score (nSPS) is 7.85. The summed E-state index contributed by atoms with van der Waals surface area (Å²) in [5, 5.41) is 7.00. The average Bonchev–Trinajstić information content (AvgIpc) is 2.24. The first-order valence-corrected chi connectivity index (χ1v) is 4.72. The lowest BCUT2D eigenvalue weighted by Gasteiger charge is -1.90. The zero-order chi connectivity index (χ0) is 10.5. The van der Waals surface area contributed by atoms with Gasteiger partial charge in [0.1, 0.15) is 0 Å². The van der Waals surface area contributed by atoms with Crippen LogP contribution in [0.3, 0.4) is 0 Å². The van der Waals surface area contributed by atoms with Crippen LogP contribution in [0, 0.1) is 5.92 Å². The summed E-state index contributed by atoms with van der Waals surface area (Å²) in [6.07, 6.45) is 1.31. The molecule has 0 atom stereocenters. The van der Waals surface area contributed by atoms with Crippen molar-refractivity contribution in [2.75, 3.05) is 7.11 Å². The van der Waals surface area contributed by atoms with E-state index in [2.05, 4.69) is 20.8 Å². The van der Waals surface area contributed by atoms with Crippen molar-refractivity contribution in [1.29, 1.82) is 0 Å². The van der Waals surface area contributed by atoms with E-state index in [1.165, 1.54) is 6.42 Å². The Morgan fingerprint density at radius 2 is 1.00 bits per heavy atom. The third-order valence-corrected chi connectivity index (χ3v) is 1.48. The second-order valence-electron chi connectivity index (χ2n) is 2.96. The molecule has 0 aliphatic rings. The minimum Gasteiger partial charge on any atom is -0.400 e. The van der Waals surface area contributed by atoms with E-state index in [0.29, 0.717) is 0 Å². The van der Waals surface area contributed by atoms with E-state index in [9.17, 15) is 0 Å². The van der Waals surface area contributed by atoms with E-state index < -0.39 is 0 Å². The van der Waals surface area contributed by atoms with Gasteiger partial charge in [-0.1, -0.05) is 63.6 Å². The van der Waals surface area contributed by atoms with Crippen molar-refractivity contribution < 1.29 is 5.11 Å². The first kappa shape index (κ1) is 14.7. The highest BCUT2D eigenvalue weighted by Crippen LogP contribution is 1.93. The molecule has 76 valence electrons. The maximum Gasteiger partial charge on any atom is 0.0319 e. The van der Waals surface area contributed by atoms with Gasteiger partial charge in [0.2, 0.25) is 0 Å². The summed E-state index contributed by atoms with van der Waals surface area (Å²) >= 11 is 0. The van der Waals surface area contributed by atoms with Crippen LogP contribution in [0.1, 0.15) is 27.2 Å². The van der Waals surface area contributed by atoms with Gasteiger partial charge in [-0.3, -0.25) is 0 Å². The van der Waals surface area contributed by atoms with Crippen LogP contribution < -0.4 is 0 Å². The quantitative estimate of drug-likeness (QED) is 0.706. The summed E-state index contributed by atoms with van der Waals surface area (Å²) in [5.41, 5.74) is 0. The zero-order valence-corrected chi connectivity index (χ0v) is 9.20. The van der Waals surface area contributed by atoms with Gasteiger partial charge in [-0.2, -0.15) is 0 Å². The van der Waals surface area contributed by atoms with Crippen molar-refractivity contribution in [3.05, 3.63) is 36.4 Å². The van der Waals surface area contributed by atoms with Crippen molar-refractivity contribution in [3.8, 4) is 0 Å². The average molecular weight is 182 g/mol. The van der Waals surface area contributed by atoms with E-state index in [1.54, 1.807) is 0 Å². The molecule has 0 saturated carbocycles. The monoisotopic (exact) mass is 182 g/mol. The maximum atomic E-state index is 7.00. The number of aliphatic hydroxyl groups excluding tert-OH is 1. The Bertz CT molecular complexity index is 120. The molecule has 0 saturated heterocycles. The molecule has 0 aliphatic heterocycles. The first-order valence-electron chi connectivity index (χ1n) is 4.72. The van der Waals surface area contributed by atoms with Gasteiger partial charge in [0, 0.05) is 7.11 Å². The highest BCUT2D eigenvalue weighted by atomic mass is 16.2. The second-order valence-corrected chi connectivity index (χ2v) is 2.96. The lowest BCUT2D eigenvalue weighted by molar-refractivity contribution is 0.399. The summed E-state index contributed by atoms with van der Waals surface area (Å²) in [7, 11) is 1.00. The van der Waals surface area contributed by atoms with Gasteiger partial charge in [-0.25, -0.2) is 0 Å². The first-order chi connectivity index (χ1) is 6.27. The molecular formula is C12H22O. The molecular weight excluding hydrogens is 160 g/mol. The van der Waals surface area contributed by atoms with Crippen molar-refractivity contribution >= 4 is 0 Å². The summed E-state index contributed by atoms with van der Waals surface area (Å²) in [5.74, 6) is 0.884. The Morgan fingerprint density at radius 3 is 1.08 bits per heavy atom. The molecule has 1 aromatic carbocycles. The molecule has 1 heteroatoms. The fourth-order valence-electron chi connectivity index (χ4n) is 0.385. The van der Waals surface area contributed by atoms with Crippen molar-refractivity contribution in [3.63, 3.8) is 0 Å². The summed E-state index contributed by atoms with van der Waals surface area (Å²) in [6, 6.07) is 12.0. The fraction of sp³-hybridized carbons (Fsp3) is 0.500. The zero-order valence-electron chi connectivity index (χ0n) is 9.20. The molecule has 0 heterocycles. The largest absolute Gasteiger partial charge is 0.400 e. The van der Waals surface area contributed by atoms with Crippen molar-refractivity contribution in [2.45, 2.75) is 27.2 Å². The second kappa shape index (κ2) is 13.7. The van der Waals surface area contributed by atoms with Crippen LogP contribution in [0.25, 0.3) is 0 Å². The van der Waals surface area contributed by atoms with E-state index in [-0.39, 0.29) is 0 Å². The molecule has 0 aliphatic carbocycles. The molecule has 0 spiro atoms. The maximum absolute atomic E-state index is 7.00. The standard InChI is InChI=1S/C6H6.C5H12.CH4O/c1-2-4-6-5-3-1;1-4-5(2)3;1-2/h1-6H;5H,4H2,1-3H3;2H,1H3. The molecule has 13 heavy (non-hydrogen) atoms.